The molecule has 0 radical (unpaired) electrons. The molecule has 5 heteroatoms. The van der Waals surface area contributed by atoms with Crippen molar-refractivity contribution in [2.24, 2.45) is 0 Å². The fraction of sp³-hybridized carbons (Fsp3) is 0.217. The van der Waals surface area contributed by atoms with Crippen LogP contribution in [-0.4, -0.2) is 25.0 Å². The molecule has 1 aliphatic heterocycles. The number of hydrogen-bond donors (Lipinski definition) is 1. The molecule has 0 saturated carbocycles. The summed E-state index contributed by atoms with van der Waals surface area (Å²) in [7, 11) is 0. The first-order valence-electron chi connectivity index (χ1n) is 9.34. The fourth-order valence-corrected chi connectivity index (χ4v) is 3.70. The Kier molecular flexibility index (Phi) is 4.74. The van der Waals surface area contributed by atoms with Gasteiger partial charge in [-0.15, -0.1) is 0 Å². The Morgan fingerprint density at radius 2 is 1.89 bits per heavy atom. The molecule has 5 nitrogen and oxygen atoms in total. The van der Waals surface area contributed by atoms with Crippen LogP contribution in [-0.2, 0) is 9.59 Å². The zero-order chi connectivity index (χ0) is 19.7. The van der Waals surface area contributed by atoms with E-state index in [1.807, 2.05) is 67.6 Å². The molecule has 3 aromatic carbocycles. The predicted molar refractivity (Wildman–Crippen MR) is 110 cm³/mol. The number of aryl methyl sites for hydroxylation is 1. The SMILES string of the molecule is CC(=O)NC1C(=O)N(CCOc2cccc3ccccc23)c2ccc(C)cc21. The average Bonchev–Trinajstić information content (AvgIpc) is 2.93. The van der Waals surface area contributed by atoms with E-state index in [0.717, 1.165) is 33.3 Å². The van der Waals surface area contributed by atoms with Gasteiger partial charge in [0.2, 0.25) is 5.91 Å². The van der Waals surface area contributed by atoms with Crippen molar-refractivity contribution in [3.05, 3.63) is 71.8 Å². The van der Waals surface area contributed by atoms with Gasteiger partial charge in [0.15, 0.2) is 0 Å². The summed E-state index contributed by atoms with van der Waals surface area (Å²) in [6.07, 6.45) is 0. The molecule has 0 fully saturated rings. The van der Waals surface area contributed by atoms with Crippen molar-refractivity contribution in [2.45, 2.75) is 19.9 Å². The van der Waals surface area contributed by atoms with E-state index in [1.54, 1.807) is 4.90 Å². The zero-order valence-corrected chi connectivity index (χ0v) is 15.9. The van der Waals surface area contributed by atoms with Gasteiger partial charge in [-0.1, -0.05) is 54.1 Å². The van der Waals surface area contributed by atoms with E-state index in [0.29, 0.717) is 13.2 Å². The number of nitrogens with zero attached hydrogens (tertiary/aromatic N) is 1. The molecule has 0 spiro atoms. The fourth-order valence-electron chi connectivity index (χ4n) is 3.70. The number of benzene rings is 3. The quantitative estimate of drug-likeness (QED) is 0.740. The van der Waals surface area contributed by atoms with Crippen LogP contribution in [0.4, 0.5) is 5.69 Å². The number of carbonyl (C=O) groups is 2. The first-order chi connectivity index (χ1) is 13.5. The Balaban J connectivity index is 1.53. The third-order valence-corrected chi connectivity index (χ3v) is 4.97. The molecule has 0 aromatic heterocycles. The van der Waals surface area contributed by atoms with Crippen LogP contribution in [0.1, 0.15) is 24.1 Å². The summed E-state index contributed by atoms with van der Waals surface area (Å²) in [5.74, 6) is 0.448. The third-order valence-electron chi connectivity index (χ3n) is 4.97. The van der Waals surface area contributed by atoms with Gasteiger partial charge < -0.3 is 15.0 Å². The number of carbonyl (C=O) groups excluding carboxylic acids is 2. The van der Waals surface area contributed by atoms with E-state index >= 15 is 0 Å². The van der Waals surface area contributed by atoms with E-state index in [-0.39, 0.29) is 11.8 Å². The topological polar surface area (TPSA) is 58.6 Å². The van der Waals surface area contributed by atoms with Crippen molar-refractivity contribution in [1.29, 1.82) is 0 Å². The maximum atomic E-state index is 12.9. The zero-order valence-electron chi connectivity index (χ0n) is 15.9. The molecule has 1 heterocycles. The Bertz CT molecular complexity index is 1060. The highest BCUT2D eigenvalue weighted by Crippen LogP contribution is 2.36. The van der Waals surface area contributed by atoms with Gasteiger partial charge in [0.05, 0.1) is 6.54 Å². The van der Waals surface area contributed by atoms with Crippen molar-refractivity contribution in [3.63, 3.8) is 0 Å². The molecular formula is C23H22N2O3. The summed E-state index contributed by atoms with van der Waals surface area (Å²) < 4.78 is 6.00. The van der Waals surface area contributed by atoms with Gasteiger partial charge in [0.1, 0.15) is 18.4 Å². The van der Waals surface area contributed by atoms with Crippen LogP contribution in [0, 0.1) is 6.92 Å². The maximum absolute atomic E-state index is 12.9. The third kappa shape index (κ3) is 3.31. The monoisotopic (exact) mass is 374 g/mol. The molecule has 2 amide bonds. The van der Waals surface area contributed by atoms with Crippen molar-refractivity contribution in [1.82, 2.24) is 5.32 Å². The van der Waals surface area contributed by atoms with Crippen LogP contribution < -0.4 is 15.0 Å². The van der Waals surface area contributed by atoms with Crippen molar-refractivity contribution >= 4 is 28.3 Å². The predicted octanol–water partition coefficient (Wildman–Crippen LogP) is 3.75. The normalized spacial score (nSPS) is 15.6. The van der Waals surface area contributed by atoms with Gasteiger partial charge in [-0.05, 0) is 24.4 Å². The number of fused-ring (bicyclic) bond motifs is 2. The summed E-state index contributed by atoms with van der Waals surface area (Å²) in [6.45, 7) is 4.17. The lowest BCUT2D eigenvalue weighted by Gasteiger charge is -2.19. The van der Waals surface area contributed by atoms with Gasteiger partial charge in [0, 0.05) is 23.6 Å². The lowest BCUT2D eigenvalue weighted by atomic mass is 10.1. The number of ether oxygens (including phenoxy) is 1. The summed E-state index contributed by atoms with van der Waals surface area (Å²) >= 11 is 0. The van der Waals surface area contributed by atoms with Gasteiger partial charge in [0.25, 0.3) is 5.91 Å². The summed E-state index contributed by atoms with van der Waals surface area (Å²) in [6, 6.07) is 19.2. The van der Waals surface area contributed by atoms with Crippen LogP contribution in [0.15, 0.2) is 60.7 Å². The molecule has 1 aliphatic rings. The minimum atomic E-state index is -0.634. The highest BCUT2D eigenvalue weighted by atomic mass is 16.5. The summed E-state index contributed by atoms with van der Waals surface area (Å²) in [5.41, 5.74) is 2.72. The second kappa shape index (κ2) is 7.35. The van der Waals surface area contributed by atoms with Crippen molar-refractivity contribution < 1.29 is 14.3 Å². The Labute approximate surface area is 163 Å². The van der Waals surface area contributed by atoms with Crippen molar-refractivity contribution in [2.75, 3.05) is 18.1 Å². The Hall–Kier alpha value is -3.34. The van der Waals surface area contributed by atoms with Gasteiger partial charge in [-0.2, -0.15) is 0 Å². The van der Waals surface area contributed by atoms with E-state index in [2.05, 4.69) is 5.32 Å². The number of nitrogens with one attached hydrogen (secondary N) is 1. The second-order valence-corrected chi connectivity index (χ2v) is 7.01. The Morgan fingerprint density at radius 3 is 2.71 bits per heavy atom. The summed E-state index contributed by atoms with van der Waals surface area (Å²) in [4.78, 5) is 26.2. The van der Waals surface area contributed by atoms with Crippen LogP contribution in [0.2, 0.25) is 0 Å². The van der Waals surface area contributed by atoms with Crippen LogP contribution in [0.5, 0.6) is 5.75 Å². The maximum Gasteiger partial charge on any atom is 0.254 e. The van der Waals surface area contributed by atoms with E-state index in [4.69, 9.17) is 4.74 Å². The molecule has 0 bridgehead atoms. The average molecular weight is 374 g/mol. The molecule has 3 aromatic rings. The first kappa shape index (κ1) is 18.0. The number of anilines is 1. The van der Waals surface area contributed by atoms with Gasteiger partial charge in [-0.25, -0.2) is 0 Å². The molecule has 0 aliphatic carbocycles. The largest absolute Gasteiger partial charge is 0.491 e. The summed E-state index contributed by atoms with van der Waals surface area (Å²) in [5, 5.41) is 4.93. The lowest BCUT2D eigenvalue weighted by molar-refractivity contribution is -0.126. The van der Waals surface area contributed by atoms with E-state index in [1.165, 1.54) is 6.92 Å². The minimum Gasteiger partial charge on any atom is -0.491 e. The molecule has 1 unspecified atom stereocenters. The highest BCUT2D eigenvalue weighted by molar-refractivity contribution is 6.06. The number of rotatable bonds is 5. The minimum absolute atomic E-state index is 0.127. The number of amides is 2. The van der Waals surface area contributed by atoms with Crippen LogP contribution in [0.3, 0.4) is 0 Å². The van der Waals surface area contributed by atoms with Gasteiger partial charge in [-0.3, -0.25) is 9.59 Å². The Morgan fingerprint density at radius 1 is 1.11 bits per heavy atom. The van der Waals surface area contributed by atoms with Crippen LogP contribution in [0.25, 0.3) is 10.8 Å². The van der Waals surface area contributed by atoms with Crippen molar-refractivity contribution in [3.8, 4) is 5.75 Å². The van der Waals surface area contributed by atoms with Crippen LogP contribution >= 0.6 is 0 Å². The number of hydrogen-bond acceptors (Lipinski definition) is 3. The molecule has 0 saturated heterocycles. The lowest BCUT2D eigenvalue weighted by Crippen LogP contribution is -2.38. The van der Waals surface area contributed by atoms with E-state index < -0.39 is 6.04 Å². The standard InChI is InChI=1S/C23H22N2O3/c1-15-10-11-20-19(14-15)22(24-16(2)26)23(27)25(20)12-13-28-21-9-5-7-17-6-3-4-8-18(17)21/h3-11,14,22H,12-13H2,1-2H3,(H,24,26). The molecule has 142 valence electrons. The smallest absolute Gasteiger partial charge is 0.254 e. The molecule has 1 N–H and O–H groups in total. The first-order valence-corrected chi connectivity index (χ1v) is 9.34. The second-order valence-electron chi connectivity index (χ2n) is 7.01. The molecule has 4 rings (SSSR count). The van der Waals surface area contributed by atoms with E-state index in [9.17, 15) is 9.59 Å². The molecule has 1 atom stereocenters. The molecule has 28 heavy (non-hydrogen) atoms. The highest BCUT2D eigenvalue weighted by Gasteiger charge is 2.37. The van der Waals surface area contributed by atoms with Gasteiger partial charge >= 0.3 is 0 Å². The molecular weight excluding hydrogens is 352 g/mol.